The van der Waals surface area contributed by atoms with E-state index in [-0.39, 0.29) is 68.0 Å². The highest BCUT2D eigenvalue weighted by Gasteiger charge is 2.62. The molecule has 0 radical (unpaired) electrons. The Morgan fingerprint density at radius 1 is 0.939 bits per heavy atom. The summed E-state index contributed by atoms with van der Waals surface area (Å²) in [4.78, 5) is 67.3. The Morgan fingerprint density at radius 2 is 1.67 bits per heavy atom. The SMILES string of the molecule is C=C[C@@H]1CC1(CC(=O)[C@@H]1C[C@@H]2CN1C(=O)[C@H](C1CCCCC1)CC(=O)O[C@@H]1C[C@H]1CCCCCc1c(nc3ccccc3c1OC1CCN(CC3CC3)CC1)O2)C(=O)NS(=O)(=O)C1(C)CC1. The van der Waals surface area contributed by atoms with Gasteiger partial charge in [0.05, 0.1) is 46.2 Å². The van der Waals surface area contributed by atoms with Crippen LogP contribution in [0.15, 0.2) is 36.9 Å². The Kier molecular flexibility index (Phi) is 12.8. The van der Waals surface area contributed by atoms with Crippen LogP contribution in [0.3, 0.4) is 0 Å². The molecule has 4 heterocycles. The molecule has 1 unspecified atom stereocenters. The Balaban J connectivity index is 0.978. The van der Waals surface area contributed by atoms with Gasteiger partial charge in [-0.05, 0) is 126 Å². The number of allylic oxidation sites excluding steroid dienone is 1. The van der Waals surface area contributed by atoms with Gasteiger partial charge in [0.1, 0.15) is 24.1 Å². The van der Waals surface area contributed by atoms with E-state index in [0.29, 0.717) is 31.1 Å². The Hall–Kier alpha value is -4.04. The molecule has 5 saturated carbocycles. The zero-order valence-corrected chi connectivity index (χ0v) is 39.7. The van der Waals surface area contributed by atoms with Crippen LogP contribution < -0.4 is 14.2 Å². The Labute approximate surface area is 390 Å². The molecule has 13 nitrogen and oxygen atoms in total. The average molecular weight is 927 g/mol. The number of Topliss-reactive ketones (excluding diaryl/α,β-unsaturated/α-hetero) is 1. The van der Waals surface area contributed by atoms with Crippen molar-refractivity contribution in [2.75, 3.05) is 26.2 Å². The number of hydrogen-bond donors (Lipinski definition) is 1. The standard InChI is InChI=1S/C52H70N4O9S/c1-3-36-29-52(36,50(60)54-66(61,62)51(2)22-23-51)30-44(57)43-27-38-32-56(43)49(59)41(34-12-6-4-7-13-34)28-46(58)65-45-26-35(45)14-8-5-9-16-40-47(39-15-10-11-17-42(39)53-48(40)64-38)63-37-20-24-55(25-21-37)31-33-18-19-33/h3,10-11,15,17,33-38,41,43,45H,1,4-9,12-14,16,18-32H2,2H3,(H,54,60)/t35-,36-,38-,41+,43+,45-,52?/m1/s1. The van der Waals surface area contributed by atoms with Gasteiger partial charge in [0.25, 0.3) is 0 Å². The number of carbonyl (C=O) groups is 4. The van der Waals surface area contributed by atoms with Crippen LogP contribution >= 0.6 is 0 Å². The number of benzene rings is 1. The fourth-order valence-corrected chi connectivity index (χ4v) is 13.2. The number of piperidine rings is 1. The molecule has 1 aromatic heterocycles. The van der Waals surface area contributed by atoms with Crippen LogP contribution in [-0.2, 0) is 40.4 Å². The van der Waals surface area contributed by atoms with Crippen molar-refractivity contribution in [1.29, 1.82) is 0 Å². The molecule has 8 aliphatic rings. The van der Waals surface area contributed by atoms with E-state index in [0.717, 1.165) is 118 Å². The topological polar surface area (TPSA) is 162 Å². The first-order valence-corrected chi connectivity index (χ1v) is 27.0. The first-order valence-electron chi connectivity index (χ1n) is 25.5. The normalized spacial score (nSPS) is 32.2. The lowest BCUT2D eigenvalue weighted by Gasteiger charge is -2.34. The molecule has 358 valence electrons. The fourth-order valence-electron chi connectivity index (χ4n) is 11.8. The maximum Gasteiger partial charge on any atom is 0.306 e. The minimum Gasteiger partial charge on any atom is -0.489 e. The number of likely N-dealkylation sites (tertiary alicyclic amines) is 1. The third-order valence-corrected chi connectivity index (χ3v) is 19.0. The van der Waals surface area contributed by atoms with Crippen molar-refractivity contribution in [2.45, 2.75) is 171 Å². The van der Waals surface area contributed by atoms with Crippen LogP contribution in [0.1, 0.15) is 141 Å². The fraction of sp³-hybridized carbons (Fsp3) is 0.712. The van der Waals surface area contributed by atoms with Crippen molar-refractivity contribution >= 4 is 44.5 Å². The van der Waals surface area contributed by atoms with Gasteiger partial charge in [-0.25, -0.2) is 13.4 Å². The summed E-state index contributed by atoms with van der Waals surface area (Å²) in [6.07, 6.45) is 16.5. The minimum atomic E-state index is -3.96. The molecule has 2 bridgehead atoms. The van der Waals surface area contributed by atoms with Crippen LogP contribution in [0.4, 0.5) is 0 Å². The largest absolute Gasteiger partial charge is 0.489 e. The summed E-state index contributed by atoms with van der Waals surface area (Å²) in [6, 6.07) is 7.08. The molecule has 10 rings (SSSR count). The van der Waals surface area contributed by atoms with Crippen molar-refractivity contribution in [3.05, 3.63) is 42.5 Å². The summed E-state index contributed by atoms with van der Waals surface area (Å²) < 4.78 is 48.1. The van der Waals surface area contributed by atoms with E-state index in [1.54, 1.807) is 17.9 Å². The zero-order valence-electron chi connectivity index (χ0n) is 38.9. The molecule has 66 heavy (non-hydrogen) atoms. The van der Waals surface area contributed by atoms with Gasteiger partial charge < -0.3 is 24.0 Å². The molecule has 2 amide bonds. The quantitative estimate of drug-likeness (QED) is 0.165. The van der Waals surface area contributed by atoms with Crippen LogP contribution in [0.2, 0.25) is 0 Å². The van der Waals surface area contributed by atoms with E-state index in [2.05, 4.69) is 22.3 Å². The molecule has 0 spiro atoms. The van der Waals surface area contributed by atoms with Crippen molar-refractivity contribution in [3.8, 4) is 11.6 Å². The van der Waals surface area contributed by atoms with Gasteiger partial charge in [-0.2, -0.15) is 0 Å². The minimum absolute atomic E-state index is 0.0381. The molecular weight excluding hydrogens is 857 g/mol. The number of ketones is 1. The molecule has 5 aliphatic carbocycles. The number of amides is 2. The van der Waals surface area contributed by atoms with E-state index in [9.17, 15) is 22.8 Å². The van der Waals surface area contributed by atoms with Crippen LogP contribution in [-0.4, -0.2) is 102 Å². The summed E-state index contributed by atoms with van der Waals surface area (Å²) in [5.41, 5.74) is 0.368. The maximum absolute atomic E-state index is 15.3. The lowest BCUT2D eigenvalue weighted by Crippen LogP contribution is -2.48. The molecule has 1 N–H and O–H groups in total. The molecule has 2 saturated heterocycles. The number of ether oxygens (including phenoxy) is 3. The predicted octanol–water partition coefficient (Wildman–Crippen LogP) is 7.62. The second-order valence-corrected chi connectivity index (χ2v) is 24.0. The third kappa shape index (κ3) is 9.65. The van der Waals surface area contributed by atoms with Crippen molar-refractivity contribution < 1.29 is 41.8 Å². The van der Waals surface area contributed by atoms with Gasteiger partial charge in [0.15, 0.2) is 5.78 Å². The Morgan fingerprint density at radius 3 is 2.38 bits per heavy atom. The van der Waals surface area contributed by atoms with Crippen LogP contribution in [0.25, 0.3) is 10.9 Å². The highest BCUT2D eigenvalue weighted by Crippen LogP contribution is 2.57. The number of fused-ring (bicyclic) bond motifs is 5. The first-order chi connectivity index (χ1) is 31.8. The second-order valence-electron chi connectivity index (χ2n) is 21.8. The number of esters is 1. The summed E-state index contributed by atoms with van der Waals surface area (Å²) in [7, 11) is -3.96. The molecule has 1 aromatic carbocycles. The molecular formula is C52H70N4O9S. The number of rotatable bonds is 12. The Bertz CT molecular complexity index is 2320. The summed E-state index contributed by atoms with van der Waals surface area (Å²) in [5.74, 6) is -0.324. The molecule has 2 aromatic rings. The van der Waals surface area contributed by atoms with Gasteiger partial charge in [-0.15, -0.1) is 6.58 Å². The summed E-state index contributed by atoms with van der Waals surface area (Å²) >= 11 is 0. The number of pyridine rings is 1. The van der Waals surface area contributed by atoms with E-state index >= 15 is 4.79 Å². The first kappa shape index (κ1) is 45.7. The third-order valence-electron chi connectivity index (χ3n) is 16.9. The van der Waals surface area contributed by atoms with E-state index in [4.69, 9.17) is 19.2 Å². The highest BCUT2D eigenvalue weighted by molar-refractivity contribution is 7.91. The number of para-hydroxylation sites is 1. The van der Waals surface area contributed by atoms with Gasteiger partial charge in [0.2, 0.25) is 27.7 Å². The summed E-state index contributed by atoms with van der Waals surface area (Å²) in [6.45, 7) is 8.84. The van der Waals surface area contributed by atoms with Crippen LogP contribution in [0.5, 0.6) is 11.6 Å². The number of nitrogens with zero attached hydrogens (tertiary/aromatic N) is 3. The van der Waals surface area contributed by atoms with E-state index in [1.165, 1.54) is 19.4 Å². The van der Waals surface area contributed by atoms with Crippen LogP contribution in [0, 0.1) is 35.0 Å². The number of aromatic nitrogens is 1. The number of nitrogens with one attached hydrogen (secondary N) is 1. The molecule has 7 atom stereocenters. The van der Waals surface area contributed by atoms with Gasteiger partial charge in [-0.1, -0.05) is 50.3 Å². The van der Waals surface area contributed by atoms with Crippen molar-refractivity contribution in [1.82, 2.24) is 19.5 Å². The van der Waals surface area contributed by atoms with E-state index < -0.39 is 50.1 Å². The average Bonchev–Trinajstić information content (AvgIpc) is 4.16. The second kappa shape index (κ2) is 18.5. The lowest BCUT2D eigenvalue weighted by atomic mass is 9.77. The highest BCUT2D eigenvalue weighted by atomic mass is 32.2. The predicted molar refractivity (Wildman–Crippen MR) is 249 cm³/mol. The maximum atomic E-state index is 15.3. The monoisotopic (exact) mass is 926 g/mol. The zero-order chi connectivity index (χ0) is 45.8. The van der Waals surface area contributed by atoms with Gasteiger partial charge in [-0.3, -0.25) is 23.9 Å². The number of sulfonamides is 1. The van der Waals surface area contributed by atoms with E-state index in [1.807, 2.05) is 18.2 Å². The van der Waals surface area contributed by atoms with Gasteiger partial charge in [0, 0.05) is 37.9 Å². The van der Waals surface area contributed by atoms with Crippen molar-refractivity contribution in [3.63, 3.8) is 0 Å². The molecule has 7 fully saturated rings. The summed E-state index contributed by atoms with van der Waals surface area (Å²) in [5, 5.41) is 0.944. The lowest BCUT2D eigenvalue weighted by molar-refractivity contribution is -0.153. The van der Waals surface area contributed by atoms with Gasteiger partial charge >= 0.3 is 5.97 Å². The number of hydrogen-bond acceptors (Lipinski definition) is 11. The molecule has 14 heteroatoms. The van der Waals surface area contributed by atoms with Crippen molar-refractivity contribution in [2.24, 2.45) is 35.0 Å². The number of carbonyl (C=O) groups excluding carboxylic acids is 4. The molecule has 3 aliphatic heterocycles. The smallest absolute Gasteiger partial charge is 0.306 e.